The second-order valence-electron chi connectivity index (χ2n) is 6.34. The van der Waals surface area contributed by atoms with Gasteiger partial charge in [-0.2, -0.15) is 0 Å². The van der Waals surface area contributed by atoms with Gasteiger partial charge in [0.05, 0.1) is 5.69 Å². The summed E-state index contributed by atoms with van der Waals surface area (Å²) in [6.45, 7) is 0. The molecule has 2 heterocycles. The van der Waals surface area contributed by atoms with Gasteiger partial charge in [0.15, 0.2) is 0 Å². The van der Waals surface area contributed by atoms with Crippen molar-refractivity contribution in [3.63, 3.8) is 0 Å². The lowest BCUT2D eigenvalue weighted by atomic mass is 9.98. The molecule has 0 amide bonds. The van der Waals surface area contributed by atoms with Crippen LogP contribution < -0.4 is 0 Å². The Morgan fingerprint density at radius 1 is 0.640 bits per heavy atom. The average molecular weight is 320 g/mol. The molecular formula is C23H16N2. The minimum Gasteiger partial charge on any atom is -0.264 e. The first-order valence-corrected chi connectivity index (χ1v) is 8.47. The molecule has 0 bridgehead atoms. The highest BCUT2D eigenvalue weighted by atomic mass is 14.7. The summed E-state index contributed by atoms with van der Waals surface area (Å²) in [7, 11) is 0. The monoisotopic (exact) mass is 320 g/mol. The van der Waals surface area contributed by atoms with Gasteiger partial charge < -0.3 is 0 Å². The van der Waals surface area contributed by atoms with Crippen LogP contribution in [-0.2, 0) is 6.42 Å². The zero-order valence-electron chi connectivity index (χ0n) is 13.7. The highest BCUT2D eigenvalue weighted by molar-refractivity contribution is 5.84. The third-order valence-corrected chi connectivity index (χ3v) is 4.89. The van der Waals surface area contributed by atoms with Gasteiger partial charge in [-0.15, -0.1) is 0 Å². The summed E-state index contributed by atoms with van der Waals surface area (Å²) in [6, 6.07) is 23.4. The molecule has 0 fully saturated rings. The van der Waals surface area contributed by atoms with Crippen molar-refractivity contribution in [3.05, 3.63) is 96.4 Å². The largest absolute Gasteiger partial charge is 0.264 e. The quantitative estimate of drug-likeness (QED) is 0.436. The van der Waals surface area contributed by atoms with E-state index >= 15 is 0 Å². The second kappa shape index (κ2) is 5.67. The van der Waals surface area contributed by atoms with E-state index in [9.17, 15) is 0 Å². The number of benzene rings is 2. The van der Waals surface area contributed by atoms with E-state index in [2.05, 4.69) is 65.6 Å². The molecule has 0 saturated carbocycles. The number of fused-ring (bicyclic) bond motifs is 3. The molecular weight excluding hydrogens is 304 g/mol. The van der Waals surface area contributed by atoms with E-state index < -0.39 is 0 Å². The lowest BCUT2D eigenvalue weighted by Crippen LogP contribution is -1.91. The molecule has 0 spiro atoms. The molecule has 0 unspecified atom stereocenters. The van der Waals surface area contributed by atoms with Crippen LogP contribution in [-0.4, -0.2) is 9.97 Å². The Labute approximate surface area is 146 Å². The third kappa shape index (κ3) is 2.34. The topological polar surface area (TPSA) is 25.8 Å². The van der Waals surface area contributed by atoms with Crippen molar-refractivity contribution < 1.29 is 0 Å². The summed E-state index contributed by atoms with van der Waals surface area (Å²) in [4.78, 5) is 8.92. The van der Waals surface area contributed by atoms with Gasteiger partial charge in [0.25, 0.3) is 0 Å². The summed E-state index contributed by atoms with van der Waals surface area (Å²) >= 11 is 0. The van der Waals surface area contributed by atoms with Crippen LogP contribution in [0.1, 0.15) is 11.1 Å². The number of aromatic nitrogens is 2. The van der Waals surface area contributed by atoms with E-state index in [1.165, 1.54) is 27.8 Å². The fourth-order valence-electron chi connectivity index (χ4n) is 3.65. The van der Waals surface area contributed by atoms with Crippen molar-refractivity contribution in [2.45, 2.75) is 6.42 Å². The van der Waals surface area contributed by atoms with Gasteiger partial charge in [0.2, 0.25) is 0 Å². The highest BCUT2D eigenvalue weighted by Gasteiger charge is 2.21. The number of rotatable bonds is 2. The van der Waals surface area contributed by atoms with E-state index in [1.807, 2.05) is 18.5 Å². The van der Waals surface area contributed by atoms with E-state index in [4.69, 9.17) is 4.98 Å². The van der Waals surface area contributed by atoms with Gasteiger partial charge in [-0.1, -0.05) is 54.6 Å². The Balaban J connectivity index is 1.57. The van der Waals surface area contributed by atoms with Crippen molar-refractivity contribution in [1.29, 1.82) is 0 Å². The average Bonchev–Trinajstić information content (AvgIpc) is 3.08. The molecule has 5 rings (SSSR count). The van der Waals surface area contributed by atoms with Gasteiger partial charge >= 0.3 is 0 Å². The van der Waals surface area contributed by atoms with Crippen LogP contribution in [0.3, 0.4) is 0 Å². The van der Waals surface area contributed by atoms with Gasteiger partial charge in [0.1, 0.15) is 0 Å². The molecule has 4 aromatic rings. The minimum absolute atomic E-state index is 0.980. The molecule has 0 atom stereocenters. The highest BCUT2D eigenvalue weighted by Crippen LogP contribution is 2.41. The molecule has 2 nitrogen and oxygen atoms in total. The fraction of sp³-hybridized carbons (Fsp3) is 0.0435. The number of hydrogen-bond acceptors (Lipinski definition) is 2. The molecule has 1 aliphatic rings. The summed E-state index contributed by atoms with van der Waals surface area (Å²) in [5.41, 5.74) is 9.91. The molecule has 118 valence electrons. The van der Waals surface area contributed by atoms with Crippen molar-refractivity contribution in [2.75, 3.05) is 0 Å². The third-order valence-electron chi connectivity index (χ3n) is 4.89. The maximum Gasteiger partial charge on any atom is 0.0705 e. The van der Waals surface area contributed by atoms with Crippen LogP contribution in [0, 0.1) is 0 Å². The maximum absolute atomic E-state index is 4.74. The van der Waals surface area contributed by atoms with E-state index in [0.29, 0.717) is 0 Å². The Hall–Kier alpha value is -3.26. The predicted octanol–water partition coefficient (Wildman–Crippen LogP) is 5.38. The standard InChI is InChI=1S/C23H16N2/c1-2-7-19-16(5-1)13-22-20(19)8-3-9-21(22)23-11-10-18(15-25-23)17-6-4-12-24-14-17/h1-12,14-15H,13H2. The van der Waals surface area contributed by atoms with Crippen molar-refractivity contribution >= 4 is 0 Å². The van der Waals surface area contributed by atoms with Crippen LogP contribution in [0.25, 0.3) is 33.5 Å². The van der Waals surface area contributed by atoms with Gasteiger partial charge in [-0.3, -0.25) is 9.97 Å². The van der Waals surface area contributed by atoms with Gasteiger partial charge in [0, 0.05) is 35.3 Å². The van der Waals surface area contributed by atoms with Gasteiger partial charge in [-0.25, -0.2) is 0 Å². The fourth-order valence-corrected chi connectivity index (χ4v) is 3.65. The van der Waals surface area contributed by atoms with E-state index in [0.717, 1.165) is 23.2 Å². The molecule has 0 N–H and O–H groups in total. The molecule has 2 heteroatoms. The lowest BCUT2D eigenvalue weighted by molar-refractivity contribution is 1.24. The zero-order chi connectivity index (χ0) is 16.6. The molecule has 1 aliphatic carbocycles. The Morgan fingerprint density at radius 2 is 1.48 bits per heavy atom. The molecule has 0 radical (unpaired) electrons. The van der Waals surface area contributed by atoms with Crippen molar-refractivity contribution in [3.8, 4) is 33.5 Å². The van der Waals surface area contributed by atoms with Crippen molar-refractivity contribution in [2.24, 2.45) is 0 Å². The van der Waals surface area contributed by atoms with Crippen LogP contribution in [0.5, 0.6) is 0 Å². The number of pyridine rings is 2. The van der Waals surface area contributed by atoms with Crippen LogP contribution >= 0.6 is 0 Å². The first-order chi connectivity index (χ1) is 12.4. The minimum atomic E-state index is 0.980. The van der Waals surface area contributed by atoms with Gasteiger partial charge in [-0.05, 0) is 40.8 Å². The molecule has 0 saturated heterocycles. The maximum atomic E-state index is 4.74. The first-order valence-electron chi connectivity index (χ1n) is 8.47. The predicted molar refractivity (Wildman–Crippen MR) is 101 cm³/mol. The Kier molecular flexibility index (Phi) is 3.20. The zero-order valence-corrected chi connectivity index (χ0v) is 13.7. The summed E-state index contributed by atoms with van der Waals surface area (Å²) < 4.78 is 0. The second-order valence-corrected chi connectivity index (χ2v) is 6.34. The molecule has 0 aliphatic heterocycles. The smallest absolute Gasteiger partial charge is 0.0705 e. The molecule has 2 aromatic carbocycles. The molecule has 25 heavy (non-hydrogen) atoms. The molecule has 2 aromatic heterocycles. The lowest BCUT2D eigenvalue weighted by Gasteiger charge is -2.09. The van der Waals surface area contributed by atoms with E-state index in [-0.39, 0.29) is 0 Å². The number of nitrogens with zero attached hydrogens (tertiary/aromatic N) is 2. The van der Waals surface area contributed by atoms with Crippen molar-refractivity contribution in [1.82, 2.24) is 9.97 Å². The summed E-state index contributed by atoms with van der Waals surface area (Å²) in [6.07, 6.45) is 6.57. The summed E-state index contributed by atoms with van der Waals surface area (Å²) in [5, 5.41) is 0. The first kappa shape index (κ1) is 14.1. The van der Waals surface area contributed by atoms with Crippen LogP contribution in [0.15, 0.2) is 85.3 Å². The normalized spacial score (nSPS) is 11.8. The number of hydrogen-bond donors (Lipinski definition) is 0. The summed E-state index contributed by atoms with van der Waals surface area (Å²) in [5.74, 6) is 0. The van der Waals surface area contributed by atoms with Crippen LogP contribution in [0.2, 0.25) is 0 Å². The Bertz CT molecular complexity index is 1050. The van der Waals surface area contributed by atoms with Crippen LogP contribution in [0.4, 0.5) is 0 Å². The SMILES string of the molecule is c1cncc(-c2ccc(-c3cccc4c3Cc3ccccc3-4)nc2)c1. The van der Waals surface area contributed by atoms with E-state index in [1.54, 1.807) is 6.20 Å². The Morgan fingerprint density at radius 3 is 2.32 bits per heavy atom.